The van der Waals surface area contributed by atoms with Crippen molar-refractivity contribution in [2.45, 2.75) is 25.5 Å². The summed E-state index contributed by atoms with van der Waals surface area (Å²) in [5.41, 5.74) is 1.52. The molecule has 10 heteroatoms. The third kappa shape index (κ3) is 4.25. The maximum absolute atomic E-state index is 13.7. The second-order valence-corrected chi connectivity index (χ2v) is 8.70. The quantitative estimate of drug-likeness (QED) is 0.252. The molecule has 2 amide bonds. The van der Waals surface area contributed by atoms with Crippen molar-refractivity contribution in [1.29, 1.82) is 0 Å². The van der Waals surface area contributed by atoms with Crippen LogP contribution in [0, 0.1) is 16.0 Å². The summed E-state index contributed by atoms with van der Waals surface area (Å²) in [6.07, 6.45) is -0.225. The lowest BCUT2D eigenvalue weighted by Crippen LogP contribution is -2.37. The van der Waals surface area contributed by atoms with Gasteiger partial charge in [0.2, 0.25) is 5.91 Å². The van der Waals surface area contributed by atoms with Gasteiger partial charge in [0, 0.05) is 12.1 Å². The van der Waals surface area contributed by atoms with Crippen LogP contribution >= 0.6 is 0 Å². The summed E-state index contributed by atoms with van der Waals surface area (Å²) in [7, 11) is 1.54. The lowest BCUT2D eigenvalue weighted by Gasteiger charge is -2.29. The molecule has 3 aromatic carbocycles. The van der Waals surface area contributed by atoms with E-state index in [9.17, 15) is 19.7 Å². The number of non-ortho nitro benzene ring substituents is 1. The second kappa shape index (κ2) is 9.90. The fourth-order valence-electron chi connectivity index (χ4n) is 4.73. The molecule has 2 fully saturated rings. The number of carbonyl (C=O) groups is 2. The van der Waals surface area contributed by atoms with E-state index < -0.39 is 34.8 Å². The molecule has 0 aliphatic carbocycles. The SMILES string of the molecule is CCCOc1ccc([C@@H]2[C@@H]3C(=O)N(c4ccc([N+](=O)[O-])cc4)C(=O)[C@@H]3ON2c2ccccc2)cc1OC. The van der Waals surface area contributed by atoms with Gasteiger partial charge in [-0.3, -0.25) is 24.5 Å². The Morgan fingerprint density at radius 3 is 2.32 bits per heavy atom. The molecule has 2 aliphatic heterocycles. The average molecular weight is 504 g/mol. The summed E-state index contributed by atoms with van der Waals surface area (Å²) in [6.45, 7) is 2.54. The van der Waals surface area contributed by atoms with Crippen molar-refractivity contribution in [3.63, 3.8) is 0 Å². The largest absolute Gasteiger partial charge is 0.493 e. The first-order valence-corrected chi connectivity index (χ1v) is 11.9. The average Bonchev–Trinajstić information content (AvgIpc) is 3.43. The zero-order chi connectivity index (χ0) is 26.1. The molecule has 2 heterocycles. The van der Waals surface area contributed by atoms with Gasteiger partial charge in [-0.25, -0.2) is 9.96 Å². The minimum Gasteiger partial charge on any atom is -0.493 e. The maximum atomic E-state index is 13.7. The molecular formula is C27H25N3O7. The van der Waals surface area contributed by atoms with Gasteiger partial charge in [0.05, 0.1) is 36.1 Å². The van der Waals surface area contributed by atoms with E-state index >= 15 is 0 Å². The number of methoxy groups -OCH3 is 1. The number of hydroxylamine groups is 1. The summed E-state index contributed by atoms with van der Waals surface area (Å²) < 4.78 is 11.3. The van der Waals surface area contributed by atoms with E-state index in [1.807, 2.05) is 43.3 Å². The van der Waals surface area contributed by atoms with Gasteiger partial charge in [-0.2, -0.15) is 0 Å². The van der Waals surface area contributed by atoms with Gasteiger partial charge in [0.1, 0.15) is 5.92 Å². The van der Waals surface area contributed by atoms with Crippen molar-refractivity contribution in [3.05, 3.63) is 88.5 Å². The molecule has 2 saturated heterocycles. The Balaban J connectivity index is 1.55. The number of rotatable bonds is 8. The van der Waals surface area contributed by atoms with Crippen LogP contribution in [0.3, 0.4) is 0 Å². The fourth-order valence-corrected chi connectivity index (χ4v) is 4.73. The summed E-state index contributed by atoms with van der Waals surface area (Å²) in [4.78, 5) is 44.9. The first-order chi connectivity index (χ1) is 17.9. The van der Waals surface area contributed by atoms with Crippen molar-refractivity contribution in [3.8, 4) is 11.5 Å². The molecule has 2 aliphatic rings. The van der Waals surface area contributed by atoms with Gasteiger partial charge in [-0.05, 0) is 48.4 Å². The minimum atomic E-state index is -1.06. The molecule has 3 aromatic rings. The standard InChI is InChI=1S/C27H25N3O7/c1-3-15-36-21-14-9-17(16-22(21)35-2)24-23-25(37-29(24)19-7-5-4-6-8-19)27(32)28(26(23)31)18-10-12-20(13-11-18)30(33)34/h4-14,16,23-25H,3,15H2,1-2H3/t23-,24+,25+/m0/s1. The van der Waals surface area contributed by atoms with Crippen LogP contribution in [0.25, 0.3) is 0 Å². The molecular weight excluding hydrogens is 478 g/mol. The summed E-state index contributed by atoms with van der Waals surface area (Å²) in [6, 6.07) is 19.3. The molecule has 0 unspecified atom stereocenters. The van der Waals surface area contributed by atoms with Crippen LogP contribution in [-0.2, 0) is 14.4 Å². The zero-order valence-corrected chi connectivity index (χ0v) is 20.3. The van der Waals surface area contributed by atoms with Crippen LogP contribution in [0.15, 0.2) is 72.8 Å². The van der Waals surface area contributed by atoms with E-state index in [1.54, 1.807) is 24.3 Å². The summed E-state index contributed by atoms with van der Waals surface area (Å²) in [5, 5.41) is 12.6. The molecule has 0 saturated carbocycles. The Morgan fingerprint density at radius 1 is 0.946 bits per heavy atom. The van der Waals surface area contributed by atoms with Crippen LogP contribution in [0.5, 0.6) is 11.5 Å². The number of ether oxygens (including phenoxy) is 2. The molecule has 37 heavy (non-hydrogen) atoms. The third-order valence-corrected chi connectivity index (χ3v) is 6.44. The lowest BCUT2D eigenvalue weighted by molar-refractivity contribution is -0.384. The topological polar surface area (TPSA) is 111 Å². The molecule has 190 valence electrons. The molecule has 0 aromatic heterocycles. The monoisotopic (exact) mass is 503 g/mol. The number of imide groups is 1. The van der Waals surface area contributed by atoms with Crippen molar-refractivity contribution in [2.75, 3.05) is 23.7 Å². The van der Waals surface area contributed by atoms with Crippen molar-refractivity contribution < 1.29 is 28.8 Å². The zero-order valence-electron chi connectivity index (χ0n) is 20.3. The predicted octanol–water partition coefficient (Wildman–Crippen LogP) is 4.44. The van der Waals surface area contributed by atoms with E-state index in [4.69, 9.17) is 14.3 Å². The van der Waals surface area contributed by atoms with E-state index in [0.717, 1.165) is 11.3 Å². The number of nitrogens with zero attached hydrogens (tertiary/aromatic N) is 3. The molecule has 5 rings (SSSR count). The van der Waals surface area contributed by atoms with Crippen molar-refractivity contribution >= 4 is 28.9 Å². The Labute approximate surface area is 213 Å². The maximum Gasteiger partial charge on any atom is 0.269 e. The Bertz CT molecular complexity index is 1330. The number of carbonyl (C=O) groups excluding carboxylic acids is 2. The number of benzene rings is 3. The molecule has 0 radical (unpaired) electrons. The van der Waals surface area contributed by atoms with E-state index in [1.165, 1.54) is 24.3 Å². The van der Waals surface area contributed by atoms with E-state index in [-0.39, 0.29) is 11.4 Å². The Hall–Kier alpha value is -4.44. The number of anilines is 2. The van der Waals surface area contributed by atoms with Gasteiger partial charge in [-0.1, -0.05) is 31.2 Å². The number of hydrogen-bond donors (Lipinski definition) is 0. The van der Waals surface area contributed by atoms with Crippen LogP contribution in [-0.4, -0.2) is 36.6 Å². The van der Waals surface area contributed by atoms with Crippen LogP contribution in [0.4, 0.5) is 17.1 Å². The number of nitro groups is 1. The molecule has 0 N–H and O–H groups in total. The van der Waals surface area contributed by atoms with Crippen LogP contribution < -0.4 is 19.4 Å². The van der Waals surface area contributed by atoms with Crippen molar-refractivity contribution in [2.24, 2.45) is 5.92 Å². The highest BCUT2D eigenvalue weighted by molar-refractivity contribution is 6.24. The summed E-state index contributed by atoms with van der Waals surface area (Å²) >= 11 is 0. The normalized spacial score (nSPS) is 20.8. The Morgan fingerprint density at radius 2 is 1.68 bits per heavy atom. The van der Waals surface area contributed by atoms with Gasteiger partial charge >= 0.3 is 0 Å². The predicted molar refractivity (Wildman–Crippen MR) is 134 cm³/mol. The van der Waals surface area contributed by atoms with Gasteiger partial charge in [-0.15, -0.1) is 0 Å². The number of amides is 2. The van der Waals surface area contributed by atoms with E-state index in [2.05, 4.69) is 0 Å². The second-order valence-electron chi connectivity index (χ2n) is 8.70. The van der Waals surface area contributed by atoms with Gasteiger partial charge < -0.3 is 9.47 Å². The lowest BCUT2D eigenvalue weighted by atomic mass is 9.90. The smallest absolute Gasteiger partial charge is 0.269 e. The molecule has 0 spiro atoms. The number of fused-ring (bicyclic) bond motifs is 1. The number of nitro benzene ring substituents is 1. The highest BCUT2D eigenvalue weighted by Gasteiger charge is 2.60. The highest BCUT2D eigenvalue weighted by atomic mass is 16.7. The van der Waals surface area contributed by atoms with Gasteiger partial charge in [0.15, 0.2) is 17.6 Å². The van der Waals surface area contributed by atoms with Crippen LogP contribution in [0.1, 0.15) is 24.9 Å². The molecule has 10 nitrogen and oxygen atoms in total. The third-order valence-electron chi connectivity index (χ3n) is 6.44. The fraction of sp³-hybridized carbons (Fsp3) is 0.259. The van der Waals surface area contributed by atoms with E-state index in [0.29, 0.717) is 29.4 Å². The molecule has 0 bridgehead atoms. The Kier molecular flexibility index (Phi) is 6.49. The number of para-hydroxylation sites is 1. The van der Waals surface area contributed by atoms with Crippen molar-refractivity contribution in [1.82, 2.24) is 0 Å². The van der Waals surface area contributed by atoms with Gasteiger partial charge in [0.25, 0.3) is 11.6 Å². The summed E-state index contributed by atoms with van der Waals surface area (Å²) in [5.74, 6) is -0.739. The molecule has 3 atom stereocenters. The first-order valence-electron chi connectivity index (χ1n) is 11.9. The van der Waals surface area contributed by atoms with Crippen LogP contribution in [0.2, 0.25) is 0 Å². The number of hydrogen-bond acceptors (Lipinski definition) is 8. The minimum absolute atomic E-state index is 0.134. The highest BCUT2D eigenvalue weighted by Crippen LogP contribution is 2.48. The first kappa shape index (κ1) is 24.3.